The third-order valence-electron chi connectivity index (χ3n) is 2.54. The van der Waals surface area contributed by atoms with Crippen molar-refractivity contribution in [2.75, 3.05) is 17.7 Å². The lowest BCUT2D eigenvalue weighted by Crippen LogP contribution is -2.06. The molecule has 5 nitrogen and oxygen atoms in total. The Morgan fingerprint density at radius 1 is 1.30 bits per heavy atom. The molecule has 0 aliphatic heterocycles. The number of anilines is 2. The molecule has 0 spiro atoms. The highest BCUT2D eigenvalue weighted by molar-refractivity contribution is 6.31. The number of benzene rings is 1. The van der Waals surface area contributed by atoms with Gasteiger partial charge < -0.3 is 15.7 Å². The molecule has 0 aliphatic rings. The minimum absolute atomic E-state index is 0.0328. The zero-order valence-corrected chi connectivity index (χ0v) is 12.6. The van der Waals surface area contributed by atoms with Gasteiger partial charge in [-0.1, -0.05) is 11.6 Å². The van der Waals surface area contributed by atoms with Crippen LogP contribution in [0.4, 0.5) is 24.7 Å². The Morgan fingerprint density at radius 3 is 2.52 bits per heavy atom. The number of alkyl halides is 3. The van der Waals surface area contributed by atoms with Crippen molar-refractivity contribution in [1.82, 2.24) is 4.98 Å². The minimum Gasteiger partial charge on any atom is -0.504 e. The number of nitrogens with one attached hydrogen (secondary N) is 2. The van der Waals surface area contributed by atoms with E-state index in [9.17, 15) is 18.0 Å². The van der Waals surface area contributed by atoms with E-state index in [4.69, 9.17) is 16.7 Å². The molecule has 3 N–H and O–H groups in total. The van der Waals surface area contributed by atoms with Crippen LogP contribution in [-0.2, 0) is 11.0 Å². The third-order valence-corrected chi connectivity index (χ3v) is 2.87. The molecule has 0 unspecified atom stereocenters. The van der Waals surface area contributed by atoms with Crippen molar-refractivity contribution in [3.8, 4) is 5.75 Å². The molecule has 1 amide bonds. The first-order chi connectivity index (χ1) is 10.8. The number of pyridine rings is 1. The second kappa shape index (κ2) is 8.23. The van der Waals surface area contributed by atoms with Gasteiger partial charge in [-0.05, 0) is 30.3 Å². The zero-order chi connectivity index (χ0) is 17.5. The van der Waals surface area contributed by atoms with E-state index < -0.39 is 11.7 Å². The molecule has 0 radical (unpaired) electrons. The monoisotopic (exact) mass is 347 g/mol. The van der Waals surface area contributed by atoms with Gasteiger partial charge in [-0.15, -0.1) is 0 Å². The van der Waals surface area contributed by atoms with E-state index in [0.29, 0.717) is 12.1 Å². The van der Waals surface area contributed by atoms with Crippen LogP contribution < -0.4 is 10.6 Å². The summed E-state index contributed by atoms with van der Waals surface area (Å²) in [6, 6.07) is 6.69. The summed E-state index contributed by atoms with van der Waals surface area (Å²) in [5.74, 6) is 0.145. The van der Waals surface area contributed by atoms with Crippen molar-refractivity contribution in [2.24, 2.45) is 0 Å². The van der Waals surface area contributed by atoms with Crippen LogP contribution in [0.1, 0.15) is 5.56 Å². The molecule has 0 saturated heterocycles. The number of aromatic nitrogens is 1. The molecule has 0 bridgehead atoms. The Bertz CT molecular complexity index is 666. The molecule has 0 fully saturated rings. The Hall–Kier alpha value is -2.48. The number of aromatic hydroxyl groups is 1. The van der Waals surface area contributed by atoms with Gasteiger partial charge in [-0.2, -0.15) is 13.2 Å². The number of halogens is 4. The number of hydrogen-bond acceptors (Lipinski definition) is 4. The van der Waals surface area contributed by atoms with Crippen LogP contribution in [0.3, 0.4) is 0 Å². The fourth-order valence-corrected chi connectivity index (χ4v) is 1.69. The van der Waals surface area contributed by atoms with Crippen molar-refractivity contribution in [2.45, 2.75) is 6.18 Å². The van der Waals surface area contributed by atoms with Crippen LogP contribution in [0.15, 0.2) is 36.5 Å². The second-order valence-corrected chi connectivity index (χ2v) is 4.48. The largest absolute Gasteiger partial charge is 0.504 e. The van der Waals surface area contributed by atoms with Gasteiger partial charge in [0.05, 0.1) is 10.6 Å². The average molecular weight is 348 g/mol. The van der Waals surface area contributed by atoms with Gasteiger partial charge in [-0.25, -0.2) is 4.98 Å². The second-order valence-electron chi connectivity index (χ2n) is 4.08. The lowest BCUT2D eigenvalue weighted by molar-refractivity contribution is -0.137. The number of rotatable bonds is 3. The van der Waals surface area contributed by atoms with Gasteiger partial charge >= 0.3 is 6.18 Å². The van der Waals surface area contributed by atoms with E-state index in [1.165, 1.54) is 24.4 Å². The normalized spacial score (nSPS) is 10.3. The van der Waals surface area contributed by atoms with Gasteiger partial charge in [0.25, 0.3) is 0 Å². The maximum atomic E-state index is 12.3. The Balaban J connectivity index is 0.000000238. The standard InChI is InChI=1S/C8H7ClF3N.C6H6N2O2/c1-13-5-2-3-7(9)6(4-5)8(10,11)12;9-4-8-6-5(10)2-1-3-7-6/h2-4,13H,1H3;1-4,10H,(H,7,8,9). The van der Waals surface area contributed by atoms with Gasteiger partial charge in [0.15, 0.2) is 11.6 Å². The molecule has 9 heteroatoms. The van der Waals surface area contributed by atoms with Crippen LogP contribution in [-0.4, -0.2) is 23.5 Å². The summed E-state index contributed by atoms with van der Waals surface area (Å²) in [6.45, 7) is 0. The van der Waals surface area contributed by atoms with Crippen LogP contribution in [0.25, 0.3) is 0 Å². The van der Waals surface area contributed by atoms with E-state index in [-0.39, 0.29) is 16.6 Å². The molecule has 2 rings (SSSR count). The topological polar surface area (TPSA) is 74.2 Å². The van der Waals surface area contributed by atoms with Crippen molar-refractivity contribution >= 4 is 29.5 Å². The van der Waals surface area contributed by atoms with Gasteiger partial charge in [0.1, 0.15) is 0 Å². The van der Waals surface area contributed by atoms with Crippen LogP contribution in [0.5, 0.6) is 5.75 Å². The fourth-order valence-electron chi connectivity index (χ4n) is 1.46. The number of hydrogen-bond donors (Lipinski definition) is 3. The molecule has 124 valence electrons. The fraction of sp³-hybridized carbons (Fsp3) is 0.143. The van der Waals surface area contributed by atoms with E-state index in [1.54, 1.807) is 13.1 Å². The number of nitrogens with zero attached hydrogens (tertiary/aromatic N) is 1. The molecule has 1 aromatic carbocycles. The lowest BCUT2D eigenvalue weighted by atomic mass is 10.2. The summed E-state index contributed by atoms with van der Waals surface area (Å²) in [4.78, 5) is 13.5. The highest BCUT2D eigenvalue weighted by Gasteiger charge is 2.33. The Kier molecular flexibility index (Phi) is 6.65. The minimum atomic E-state index is -4.40. The Labute approximate surface area is 135 Å². The number of amides is 1. The summed E-state index contributed by atoms with van der Waals surface area (Å²) in [5, 5.41) is 13.5. The molecule has 0 aliphatic carbocycles. The predicted molar refractivity (Wildman–Crippen MR) is 81.6 cm³/mol. The molecule has 1 heterocycles. The summed E-state index contributed by atoms with van der Waals surface area (Å²) < 4.78 is 36.8. The summed E-state index contributed by atoms with van der Waals surface area (Å²) in [7, 11) is 1.55. The zero-order valence-electron chi connectivity index (χ0n) is 11.9. The summed E-state index contributed by atoms with van der Waals surface area (Å²) in [6.07, 6.45) is -2.46. The SMILES string of the molecule is CNc1ccc(Cl)c(C(F)(F)F)c1.O=CNc1ncccc1O. The van der Waals surface area contributed by atoms with Crippen molar-refractivity contribution in [3.05, 3.63) is 47.1 Å². The summed E-state index contributed by atoms with van der Waals surface area (Å²) >= 11 is 5.39. The highest BCUT2D eigenvalue weighted by atomic mass is 35.5. The van der Waals surface area contributed by atoms with E-state index in [2.05, 4.69) is 15.6 Å². The van der Waals surface area contributed by atoms with E-state index in [0.717, 1.165) is 6.07 Å². The molecule has 23 heavy (non-hydrogen) atoms. The predicted octanol–water partition coefficient (Wildman–Crippen LogP) is 3.76. The Morgan fingerprint density at radius 2 is 2.00 bits per heavy atom. The summed E-state index contributed by atoms with van der Waals surface area (Å²) in [5.41, 5.74) is -0.433. The van der Waals surface area contributed by atoms with Gasteiger partial charge in [0.2, 0.25) is 6.41 Å². The van der Waals surface area contributed by atoms with Crippen molar-refractivity contribution in [1.29, 1.82) is 0 Å². The smallest absolute Gasteiger partial charge is 0.417 e. The van der Waals surface area contributed by atoms with Crippen molar-refractivity contribution in [3.63, 3.8) is 0 Å². The number of carbonyl (C=O) groups excluding carboxylic acids is 1. The van der Waals surface area contributed by atoms with Crippen molar-refractivity contribution < 1.29 is 23.1 Å². The van der Waals surface area contributed by atoms with E-state index in [1.807, 2.05) is 0 Å². The molecule has 2 aromatic rings. The average Bonchev–Trinajstić information content (AvgIpc) is 2.50. The molecule has 0 saturated carbocycles. The highest BCUT2D eigenvalue weighted by Crippen LogP contribution is 2.35. The molecular weight excluding hydrogens is 335 g/mol. The lowest BCUT2D eigenvalue weighted by Gasteiger charge is -2.10. The van der Waals surface area contributed by atoms with Gasteiger partial charge in [0, 0.05) is 18.9 Å². The first-order valence-corrected chi connectivity index (χ1v) is 6.56. The number of carbonyl (C=O) groups is 1. The maximum absolute atomic E-state index is 12.3. The first-order valence-electron chi connectivity index (χ1n) is 6.18. The molecular formula is C14H13ClF3N3O2. The van der Waals surface area contributed by atoms with E-state index >= 15 is 0 Å². The van der Waals surface area contributed by atoms with Crippen LogP contribution in [0.2, 0.25) is 5.02 Å². The molecule has 1 aromatic heterocycles. The quantitative estimate of drug-likeness (QED) is 0.739. The third kappa shape index (κ3) is 5.67. The van der Waals surface area contributed by atoms with Gasteiger partial charge in [-0.3, -0.25) is 4.79 Å². The van der Waals surface area contributed by atoms with Crippen LogP contribution in [0, 0.1) is 0 Å². The first kappa shape index (κ1) is 18.6. The van der Waals surface area contributed by atoms with Crippen LogP contribution >= 0.6 is 11.6 Å². The molecule has 0 atom stereocenters. The maximum Gasteiger partial charge on any atom is 0.417 e.